The van der Waals surface area contributed by atoms with Gasteiger partial charge in [-0.3, -0.25) is 0 Å². The Morgan fingerprint density at radius 3 is 2.49 bits per heavy atom. The Hall–Kier alpha value is -4.29. The van der Waals surface area contributed by atoms with Gasteiger partial charge in [0.05, 0.1) is 29.7 Å². The van der Waals surface area contributed by atoms with Crippen molar-refractivity contribution in [3.05, 3.63) is 136 Å². The highest BCUT2D eigenvalue weighted by Gasteiger charge is 2.36. The maximum Gasteiger partial charge on any atom is 0.318 e. The van der Waals surface area contributed by atoms with Gasteiger partial charge in [0.25, 0.3) is 0 Å². The molecule has 6 rings (SSSR count). The standard InChI is InChI=1S/C30H26ClN5O/c1-21-26-20-35(30(37)32-19-22-10-4-2-5-11-22)28(23-12-8-13-24(31)18-23)27-16-9-17-34(27)29(26)36(33-21)25-14-6-3-7-15-25/h2-18,28H,19-20H2,1H3,(H,32,37)/t28-/m1/s1. The number of halogens is 1. The summed E-state index contributed by atoms with van der Waals surface area (Å²) < 4.78 is 4.12. The Morgan fingerprint density at radius 2 is 1.73 bits per heavy atom. The monoisotopic (exact) mass is 507 g/mol. The maximum absolute atomic E-state index is 13.9. The molecule has 0 aliphatic carbocycles. The summed E-state index contributed by atoms with van der Waals surface area (Å²) in [7, 11) is 0. The van der Waals surface area contributed by atoms with Crippen molar-refractivity contribution in [3.8, 4) is 11.5 Å². The van der Waals surface area contributed by atoms with Gasteiger partial charge in [0.1, 0.15) is 5.82 Å². The number of carbonyl (C=O) groups is 1. The van der Waals surface area contributed by atoms with Crippen LogP contribution in [0, 0.1) is 6.92 Å². The summed E-state index contributed by atoms with van der Waals surface area (Å²) in [6.07, 6.45) is 2.04. The van der Waals surface area contributed by atoms with Crippen molar-refractivity contribution in [2.24, 2.45) is 0 Å². The molecular weight excluding hydrogens is 482 g/mol. The Balaban J connectivity index is 1.49. The van der Waals surface area contributed by atoms with Crippen molar-refractivity contribution in [2.45, 2.75) is 26.1 Å². The lowest BCUT2D eigenvalue weighted by atomic mass is 10.0. The van der Waals surface area contributed by atoms with Gasteiger partial charge in [-0.15, -0.1) is 0 Å². The molecular formula is C30H26ClN5O. The average molecular weight is 508 g/mol. The summed E-state index contributed by atoms with van der Waals surface area (Å²) in [5.41, 5.74) is 5.80. The first-order chi connectivity index (χ1) is 18.1. The van der Waals surface area contributed by atoms with Crippen molar-refractivity contribution < 1.29 is 4.79 Å². The summed E-state index contributed by atoms with van der Waals surface area (Å²) in [6.45, 7) is 2.84. The number of urea groups is 1. The summed E-state index contributed by atoms with van der Waals surface area (Å²) >= 11 is 6.43. The van der Waals surface area contributed by atoms with Crippen LogP contribution in [-0.2, 0) is 13.1 Å². The molecule has 3 aromatic carbocycles. The second kappa shape index (κ2) is 9.64. The molecule has 6 nitrogen and oxygen atoms in total. The summed E-state index contributed by atoms with van der Waals surface area (Å²) in [5.74, 6) is 0.939. The number of nitrogens with zero attached hydrogens (tertiary/aromatic N) is 4. The molecule has 0 saturated carbocycles. The van der Waals surface area contributed by atoms with Gasteiger partial charge in [0.15, 0.2) is 0 Å². The van der Waals surface area contributed by atoms with Crippen LogP contribution >= 0.6 is 11.6 Å². The molecule has 1 aliphatic heterocycles. The van der Waals surface area contributed by atoms with Crippen LogP contribution in [0.2, 0.25) is 5.02 Å². The molecule has 37 heavy (non-hydrogen) atoms. The summed E-state index contributed by atoms with van der Waals surface area (Å²) in [5, 5.41) is 8.67. The Kier molecular flexibility index (Phi) is 6.02. The van der Waals surface area contributed by atoms with E-state index < -0.39 is 0 Å². The van der Waals surface area contributed by atoms with E-state index in [0.717, 1.165) is 39.6 Å². The largest absolute Gasteiger partial charge is 0.334 e. The van der Waals surface area contributed by atoms with Crippen molar-refractivity contribution >= 4 is 17.6 Å². The molecule has 0 saturated heterocycles. The van der Waals surface area contributed by atoms with E-state index >= 15 is 0 Å². The van der Waals surface area contributed by atoms with Crippen LogP contribution < -0.4 is 5.32 Å². The van der Waals surface area contributed by atoms with E-state index in [9.17, 15) is 4.79 Å². The van der Waals surface area contributed by atoms with Gasteiger partial charge < -0.3 is 14.8 Å². The number of aromatic nitrogens is 3. The lowest BCUT2D eigenvalue weighted by Crippen LogP contribution is -2.41. The lowest BCUT2D eigenvalue weighted by Gasteiger charge is -2.31. The molecule has 184 valence electrons. The molecule has 2 aromatic heterocycles. The number of aryl methyl sites for hydroxylation is 1. The van der Waals surface area contributed by atoms with Crippen molar-refractivity contribution in [3.63, 3.8) is 0 Å². The highest BCUT2D eigenvalue weighted by Crippen LogP contribution is 2.39. The molecule has 0 radical (unpaired) electrons. The molecule has 0 spiro atoms. The fourth-order valence-corrected chi connectivity index (χ4v) is 5.25. The highest BCUT2D eigenvalue weighted by atomic mass is 35.5. The second-order valence-corrected chi connectivity index (χ2v) is 9.60. The van der Waals surface area contributed by atoms with Crippen molar-refractivity contribution in [1.82, 2.24) is 24.6 Å². The minimum absolute atomic E-state index is 0.152. The van der Waals surface area contributed by atoms with Crippen LogP contribution in [0.25, 0.3) is 11.5 Å². The number of fused-ring (bicyclic) bond motifs is 3. The molecule has 0 fully saturated rings. The van der Waals surface area contributed by atoms with Crippen molar-refractivity contribution in [1.29, 1.82) is 0 Å². The van der Waals surface area contributed by atoms with E-state index in [1.54, 1.807) is 0 Å². The smallest absolute Gasteiger partial charge is 0.318 e. The third kappa shape index (κ3) is 4.30. The van der Waals surface area contributed by atoms with Gasteiger partial charge in [0, 0.05) is 23.3 Å². The van der Waals surface area contributed by atoms with E-state index in [0.29, 0.717) is 18.1 Å². The number of benzene rings is 3. The number of carbonyl (C=O) groups excluding carboxylic acids is 1. The van der Waals surface area contributed by atoms with Gasteiger partial charge in [-0.2, -0.15) is 5.10 Å². The molecule has 0 unspecified atom stereocenters. The number of nitrogens with one attached hydrogen (secondary N) is 1. The van der Waals surface area contributed by atoms with Crippen molar-refractivity contribution in [2.75, 3.05) is 0 Å². The van der Waals surface area contributed by atoms with Gasteiger partial charge in [-0.25, -0.2) is 9.48 Å². The molecule has 1 aliphatic rings. The highest BCUT2D eigenvalue weighted by molar-refractivity contribution is 6.30. The van der Waals surface area contributed by atoms with Crippen LogP contribution in [0.1, 0.15) is 34.1 Å². The van der Waals surface area contributed by atoms with E-state index in [4.69, 9.17) is 16.7 Å². The topological polar surface area (TPSA) is 55.1 Å². The van der Waals surface area contributed by atoms with Crippen LogP contribution in [0.5, 0.6) is 0 Å². The molecule has 0 bridgehead atoms. The first-order valence-electron chi connectivity index (χ1n) is 12.3. The number of rotatable bonds is 4. The number of amides is 2. The Labute approximate surface area is 220 Å². The molecule has 1 atom stereocenters. The minimum atomic E-state index is -0.347. The van der Waals surface area contributed by atoms with Gasteiger partial charge >= 0.3 is 6.03 Å². The van der Waals surface area contributed by atoms with Crippen LogP contribution in [0.4, 0.5) is 4.79 Å². The predicted molar refractivity (Wildman–Crippen MR) is 145 cm³/mol. The zero-order chi connectivity index (χ0) is 25.4. The normalized spacial score (nSPS) is 14.5. The first kappa shape index (κ1) is 23.1. The molecule has 7 heteroatoms. The predicted octanol–water partition coefficient (Wildman–Crippen LogP) is 6.44. The number of hydrogen-bond donors (Lipinski definition) is 1. The van der Waals surface area contributed by atoms with Crippen LogP contribution in [-0.4, -0.2) is 25.3 Å². The zero-order valence-corrected chi connectivity index (χ0v) is 21.1. The molecule has 3 heterocycles. The molecule has 1 N–H and O–H groups in total. The average Bonchev–Trinajstić information content (AvgIpc) is 3.48. The third-order valence-corrected chi connectivity index (χ3v) is 7.03. The maximum atomic E-state index is 13.9. The Morgan fingerprint density at radius 1 is 0.973 bits per heavy atom. The summed E-state index contributed by atoms with van der Waals surface area (Å²) in [6, 6.07) is 31.3. The summed E-state index contributed by atoms with van der Waals surface area (Å²) in [4.78, 5) is 15.8. The molecule has 5 aromatic rings. The van der Waals surface area contributed by atoms with Gasteiger partial charge in [-0.05, 0) is 54.4 Å². The van der Waals surface area contributed by atoms with Gasteiger partial charge in [-0.1, -0.05) is 72.3 Å². The fraction of sp³-hybridized carbons (Fsp3) is 0.133. The minimum Gasteiger partial charge on any atom is -0.334 e. The third-order valence-electron chi connectivity index (χ3n) is 6.80. The zero-order valence-electron chi connectivity index (χ0n) is 20.4. The SMILES string of the molecule is Cc1nn(-c2ccccc2)c2c1CN(C(=O)NCc1ccccc1)[C@H](c1cccc(Cl)c1)c1cccn1-2. The van der Waals surface area contributed by atoms with Gasteiger partial charge in [0.2, 0.25) is 0 Å². The van der Waals surface area contributed by atoms with E-state index in [2.05, 4.69) is 16.0 Å². The fourth-order valence-electron chi connectivity index (χ4n) is 5.05. The quantitative estimate of drug-likeness (QED) is 0.304. The van der Waals surface area contributed by atoms with E-state index in [-0.39, 0.29) is 12.1 Å². The van der Waals surface area contributed by atoms with E-state index in [1.807, 2.05) is 114 Å². The van der Waals surface area contributed by atoms with Crippen LogP contribution in [0.15, 0.2) is 103 Å². The number of para-hydroxylation sites is 1. The lowest BCUT2D eigenvalue weighted by molar-refractivity contribution is 0.180. The first-order valence-corrected chi connectivity index (χ1v) is 12.6. The van der Waals surface area contributed by atoms with Crippen LogP contribution in [0.3, 0.4) is 0 Å². The molecule has 2 amide bonds. The van der Waals surface area contributed by atoms with E-state index in [1.165, 1.54) is 0 Å². The second-order valence-electron chi connectivity index (χ2n) is 9.17. The number of hydrogen-bond acceptors (Lipinski definition) is 2. The Bertz CT molecular complexity index is 1560.